The molecule has 0 aliphatic heterocycles. The van der Waals surface area contributed by atoms with Gasteiger partial charge in [-0.3, -0.25) is 0 Å². The van der Waals surface area contributed by atoms with Gasteiger partial charge < -0.3 is 9.84 Å². The third-order valence-electron chi connectivity index (χ3n) is 3.56. The maximum Gasteiger partial charge on any atom is 0.0939 e. The molecule has 1 aliphatic rings. The van der Waals surface area contributed by atoms with Crippen LogP contribution in [0.25, 0.3) is 0 Å². The molecule has 1 aliphatic carbocycles. The van der Waals surface area contributed by atoms with E-state index in [0.29, 0.717) is 6.42 Å². The summed E-state index contributed by atoms with van der Waals surface area (Å²) in [7, 11) is 1.68. The van der Waals surface area contributed by atoms with Crippen LogP contribution < -0.4 is 0 Å². The fourth-order valence-corrected chi connectivity index (χ4v) is 2.35. The van der Waals surface area contributed by atoms with E-state index in [4.69, 9.17) is 16.3 Å². The van der Waals surface area contributed by atoms with Crippen LogP contribution in [0.2, 0.25) is 5.02 Å². The lowest BCUT2D eigenvalue weighted by Gasteiger charge is -2.44. The van der Waals surface area contributed by atoms with E-state index < -0.39 is 6.10 Å². The third kappa shape index (κ3) is 2.24. The van der Waals surface area contributed by atoms with E-state index in [9.17, 15) is 5.11 Å². The van der Waals surface area contributed by atoms with E-state index in [1.807, 2.05) is 24.3 Å². The van der Waals surface area contributed by atoms with Crippen LogP contribution in [0.5, 0.6) is 0 Å². The first-order chi connectivity index (χ1) is 7.66. The van der Waals surface area contributed by atoms with Gasteiger partial charge in [-0.1, -0.05) is 23.7 Å². The van der Waals surface area contributed by atoms with Crippen molar-refractivity contribution < 1.29 is 9.84 Å². The van der Waals surface area contributed by atoms with E-state index in [0.717, 1.165) is 29.8 Å². The highest BCUT2D eigenvalue weighted by atomic mass is 35.5. The molecule has 0 aromatic heterocycles. The van der Waals surface area contributed by atoms with E-state index >= 15 is 0 Å². The summed E-state index contributed by atoms with van der Waals surface area (Å²) in [5, 5.41) is 10.9. The van der Waals surface area contributed by atoms with Crippen LogP contribution in [0.15, 0.2) is 24.3 Å². The Balaban J connectivity index is 2.01. The Labute approximate surface area is 101 Å². The van der Waals surface area contributed by atoms with Crippen molar-refractivity contribution in [2.75, 3.05) is 7.11 Å². The largest absolute Gasteiger partial charge is 0.390 e. The van der Waals surface area contributed by atoms with Gasteiger partial charge >= 0.3 is 0 Å². The van der Waals surface area contributed by atoms with Gasteiger partial charge in [0.2, 0.25) is 0 Å². The SMILES string of the molecule is COC1(C(O)Cc2ccc(Cl)cc2)CCC1. The first-order valence-corrected chi connectivity index (χ1v) is 6.02. The molecule has 1 atom stereocenters. The maximum atomic E-state index is 10.2. The van der Waals surface area contributed by atoms with Gasteiger partial charge in [0.1, 0.15) is 0 Å². The molecule has 0 heterocycles. The number of halogens is 1. The van der Waals surface area contributed by atoms with Crippen molar-refractivity contribution in [3.63, 3.8) is 0 Å². The molecule has 1 saturated carbocycles. The molecule has 0 spiro atoms. The summed E-state index contributed by atoms with van der Waals surface area (Å²) < 4.78 is 5.46. The molecule has 88 valence electrons. The highest BCUT2D eigenvalue weighted by Gasteiger charge is 2.43. The summed E-state index contributed by atoms with van der Waals surface area (Å²) in [6, 6.07) is 7.61. The van der Waals surface area contributed by atoms with Crippen LogP contribution >= 0.6 is 11.6 Å². The van der Waals surface area contributed by atoms with Gasteiger partial charge in [-0.25, -0.2) is 0 Å². The first kappa shape index (κ1) is 11.9. The van der Waals surface area contributed by atoms with Crippen LogP contribution in [-0.4, -0.2) is 23.9 Å². The second kappa shape index (κ2) is 4.74. The highest BCUT2D eigenvalue weighted by molar-refractivity contribution is 6.30. The number of methoxy groups -OCH3 is 1. The summed E-state index contributed by atoms with van der Waals surface area (Å²) in [5.74, 6) is 0. The zero-order valence-corrected chi connectivity index (χ0v) is 10.2. The van der Waals surface area contributed by atoms with Crippen molar-refractivity contribution in [1.82, 2.24) is 0 Å². The minimum Gasteiger partial charge on any atom is -0.390 e. The standard InChI is InChI=1S/C13H17ClO2/c1-16-13(7-2-8-13)12(15)9-10-3-5-11(14)6-4-10/h3-6,12,15H,2,7-9H2,1H3. The molecule has 2 rings (SSSR count). The second-order valence-corrected chi connectivity index (χ2v) is 4.91. The quantitative estimate of drug-likeness (QED) is 0.877. The predicted octanol–water partition coefficient (Wildman–Crippen LogP) is 2.81. The van der Waals surface area contributed by atoms with Crippen LogP contribution in [-0.2, 0) is 11.2 Å². The Morgan fingerprint density at radius 1 is 1.38 bits per heavy atom. The monoisotopic (exact) mass is 240 g/mol. The molecular formula is C13H17ClO2. The number of hydrogen-bond donors (Lipinski definition) is 1. The minimum absolute atomic E-state index is 0.306. The van der Waals surface area contributed by atoms with Gasteiger partial charge in [0.15, 0.2) is 0 Å². The Hall–Kier alpha value is -0.570. The number of hydrogen-bond acceptors (Lipinski definition) is 2. The van der Waals surface area contributed by atoms with Crippen molar-refractivity contribution >= 4 is 11.6 Å². The van der Waals surface area contributed by atoms with Gasteiger partial charge in [-0.05, 0) is 37.0 Å². The third-order valence-corrected chi connectivity index (χ3v) is 3.81. The van der Waals surface area contributed by atoms with Crippen LogP contribution in [0.4, 0.5) is 0 Å². The summed E-state index contributed by atoms with van der Waals surface area (Å²) in [4.78, 5) is 0. The molecule has 16 heavy (non-hydrogen) atoms. The lowest BCUT2D eigenvalue weighted by atomic mass is 9.74. The number of ether oxygens (including phenoxy) is 1. The molecular weight excluding hydrogens is 224 g/mol. The fraction of sp³-hybridized carbons (Fsp3) is 0.538. The van der Waals surface area contributed by atoms with Crippen molar-refractivity contribution in [2.24, 2.45) is 0 Å². The first-order valence-electron chi connectivity index (χ1n) is 5.64. The van der Waals surface area contributed by atoms with Gasteiger partial charge in [0.05, 0.1) is 11.7 Å². The molecule has 1 N–H and O–H groups in total. The zero-order chi connectivity index (χ0) is 11.6. The van der Waals surface area contributed by atoms with Gasteiger partial charge in [0.25, 0.3) is 0 Å². The summed E-state index contributed by atoms with van der Waals surface area (Å²) in [6.45, 7) is 0. The zero-order valence-electron chi connectivity index (χ0n) is 9.45. The molecule has 0 saturated heterocycles. The molecule has 1 fully saturated rings. The normalized spacial score (nSPS) is 20.2. The van der Waals surface area contributed by atoms with Crippen molar-refractivity contribution in [2.45, 2.75) is 37.4 Å². The molecule has 3 heteroatoms. The summed E-state index contributed by atoms with van der Waals surface area (Å²) in [5.41, 5.74) is 0.792. The Morgan fingerprint density at radius 3 is 2.44 bits per heavy atom. The highest BCUT2D eigenvalue weighted by Crippen LogP contribution is 2.39. The fourth-order valence-electron chi connectivity index (χ4n) is 2.23. The lowest BCUT2D eigenvalue weighted by Crippen LogP contribution is -2.50. The Bertz CT molecular complexity index is 338. The van der Waals surface area contributed by atoms with Gasteiger partial charge in [0, 0.05) is 18.6 Å². The summed E-state index contributed by atoms with van der Waals surface area (Å²) in [6.07, 6.45) is 3.26. The van der Waals surface area contributed by atoms with Crippen LogP contribution in [0.3, 0.4) is 0 Å². The molecule has 2 nitrogen and oxygen atoms in total. The average molecular weight is 241 g/mol. The van der Waals surface area contributed by atoms with Crippen molar-refractivity contribution in [3.8, 4) is 0 Å². The van der Waals surface area contributed by atoms with E-state index in [2.05, 4.69) is 0 Å². The van der Waals surface area contributed by atoms with E-state index in [-0.39, 0.29) is 5.60 Å². The number of benzene rings is 1. The molecule has 0 bridgehead atoms. The van der Waals surface area contributed by atoms with Crippen LogP contribution in [0.1, 0.15) is 24.8 Å². The topological polar surface area (TPSA) is 29.5 Å². The molecule has 1 aromatic carbocycles. The molecule has 1 unspecified atom stereocenters. The van der Waals surface area contributed by atoms with Crippen molar-refractivity contribution in [3.05, 3.63) is 34.9 Å². The van der Waals surface area contributed by atoms with Gasteiger partial charge in [-0.2, -0.15) is 0 Å². The van der Waals surface area contributed by atoms with Crippen molar-refractivity contribution in [1.29, 1.82) is 0 Å². The predicted molar refractivity (Wildman–Crippen MR) is 64.8 cm³/mol. The van der Waals surface area contributed by atoms with E-state index in [1.165, 1.54) is 0 Å². The minimum atomic E-state index is -0.424. The number of rotatable bonds is 4. The maximum absolute atomic E-state index is 10.2. The number of aliphatic hydroxyl groups is 1. The van der Waals surface area contributed by atoms with E-state index in [1.54, 1.807) is 7.11 Å². The molecule has 0 amide bonds. The molecule has 0 radical (unpaired) electrons. The molecule has 1 aromatic rings. The van der Waals surface area contributed by atoms with Crippen LogP contribution in [0, 0.1) is 0 Å². The second-order valence-electron chi connectivity index (χ2n) is 4.47. The number of aliphatic hydroxyl groups excluding tert-OH is 1. The van der Waals surface area contributed by atoms with Gasteiger partial charge in [-0.15, -0.1) is 0 Å². The Morgan fingerprint density at radius 2 is 2.00 bits per heavy atom. The lowest BCUT2D eigenvalue weighted by molar-refractivity contribution is -0.148. The average Bonchev–Trinajstić information content (AvgIpc) is 2.21. The smallest absolute Gasteiger partial charge is 0.0939 e. The summed E-state index contributed by atoms with van der Waals surface area (Å²) >= 11 is 5.82. The Kier molecular flexibility index (Phi) is 3.53.